The first-order chi connectivity index (χ1) is 13.7. The van der Waals surface area contributed by atoms with Crippen LogP contribution in [0, 0.1) is 6.92 Å². The van der Waals surface area contributed by atoms with E-state index in [-0.39, 0.29) is 6.61 Å². The Kier molecular flexibility index (Phi) is 10.9. The predicted molar refractivity (Wildman–Crippen MR) is 113 cm³/mol. The van der Waals surface area contributed by atoms with Crippen LogP contribution in [0.4, 0.5) is 0 Å². The molecule has 1 N–H and O–H groups in total. The van der Waals surface area contributed by atoms with Crippen molar-refractivity contribution < 1.29 is 9.84 Å². The first-order valence-corrected chi connectivity index (χ1v) is 10.2. The maximum Gasteiger partial charge on any atom is 0.185 e. The van der Waals surface area contributed by atoms with Crippen molar-refractivity contribution in [3.63, 3.8) is 0 Å². The fraction of sp³-hybridized carbons (Fsp3) is 0.571. The second-order valence-corrected chi connectivity index (χ2v) is 6.03. The minimum absolute atomic E-state index is 0.00493. The molecule has 7 heteroatoms. The lowest BCUT2D eigenvalue weighted by Gasteiger charge is -2.11. The van der Waals surface area contributed by atoms with Gasteiger partial charge in [0.25, 0.3) is 0 Å². The molecule has 0 aliphatic carbocycles. The average Bonchev–Trinajstić information content (AvgIpc) is 3.26. The molecule has 0 fully saturated rings. The molecule has 0 atom stereocenters. The van der Waals surface area contributed by atoms with Gasteiger partial charge in [-0.25, -0.2) is 0 Å². The van der Waals surface area contributed by atoms with Crippen molar-refractivity contribution in [2.24, 2.45) is 0 Å². The summed E-state index contributed by atoms with van der Waals surface area (Å²) in [6.07, 6.45) is 9.84. The minimum atomic E-state index is -0.00493. The van der Waals surface area contributed by atoms with Gasteiger partial charge in [0.05, 0.1) is 13.2 Å². The Morgan fingerprint density at radius 1 is 1.25 bits per heavy atom. The van der Waals surface area contributed by atoms with Crippen LogP contribution in [-0.2, 0) is 13.1 Å². The third-order valence-corrected chi connectivity index (χ3v) is 3.91. The fourth-order valence-electron chi connectivity index (χ4n) is 2.86. The van der Waals surface area contributed by atoms with Crippen molar-refractivity contribution in [2.45, 2.75) is 67.5 Å². The summed E-state index contributed by atoms with van der Waals surface area (Å²) >= 11 is 0. The number of aromatic nitrogens is 5. The number of rotatable bonds is 10. The highest BCUT2D eigenvalue weighted by Crippen LogP contribution is 2.32. The van der Waals surface area contributed by atoms with Gasteiger partial charge in [-0.15, -0.1) is 10.2 Å². The number of ether oxygens (including phenoxy) is 1. The first kappa shape index (κ1) is 23.6. The summed E-state index contributed by atoms with van der Waals surface area (Å²) in [4.78, 5) is 0. The second kappa shape index (κ2) is 12.9. The Morgan fingerprint density at radius 3 is 2.61 bits per heavy atom. The number of hydrogen-bond donors (Lipinski definition) is 1. The number of allylic oxidation sites excluding steroid dienone is 2. The Labute approximate surface area is 168 Å². The number of aliphatic hydroxyl groups excluding tert-OH is 1. The third-order valence-electron chi connectivity index (χ3n) is 3.91. The van der Waals surface area contributed by atoms with E-state index in [0.29, 0.717) is 24.7 Å². The molecule has 28 heavy (non-hydrogen) atoms. The van der Waals surface area contributed by atoms with Crippen molar-refractivity contribution in [2.75, 3.05) is 13.2 Å². The van der Waals surface area contributed by atoms with E-state index in [9.17, 15) is 5.11 Å². The molecule has 0 aliphatic heterocycles. The maximum atomic E-state index is 9.41. The molecular formula is C21H35N5O2. The Hall–Kier alpha value is -2.41. The van der Waals surface area contributed by atoms with E-state index in [1.165, 1.54) is 0 Å². The van der Waals surface area contributed by atoms with Gasteiger partial charge in [-0.2, -0.15) is 5.10 Å². The monoisotopic (exact) mass is 389 g/mol. The molecule has 0 aromatic carbocycles. The van der Waals surface area contributed by atoms with Gasteiger partial charge in [-0.3, -0.25) is 4.68 Å². The SMILES string of the molecule is C/C=C\C(=C/CC)COc1c(C)nn(CCO)c1-c1nncn1CCC.CC. The number of aliphatic hydroxyl groups is 1. The average molecular weight is 390 g/mol. The van der Waals surface area contributed by atoms with Crippen LogP contribution in [0.2, 0.25) is 0 Å². The summed E-state index contributed by atoms with van der Waals surface area (Å²) in [6.45, 7) is 13.8. The summed E-state index contributed by atoms with van der Waals surface area (Å²) in [5.41, 5.74) is 2.65. The lowest BCUT2D eigenvalue weighted by molar-refractivity contribution is 0.269. The quantitative estimate of drug-likeness (QED) is 0.617. The summed E-state index contributed by atoms with van der Waals surface area (Å²) in [6, 6.07) is 0. The van der Waals surface area contributed by atoms with Gasteiger partial charge in [-0.05, 0) is 32.3 Å². The lowest BCUT2D eigenvalue weighted by atomic mass is 10.2. The van der Waals surface area contributed by atoms with Crippen LogP contribution in [0.15, 0.2) is 30.1 Å². The molecule has 7 nitrogen and oxygen atoms in total. The largest absolute Gasteiger partial charge is 0.485 e. The molecule has 0 spiro atoms. The van der Waals surface area contributed by atoms with Gasteiger partial charge in [0.2, 0.25) is 0 Å². The smallest absolute Gasteiger partial charge is 0.185 e. The van der Waals surface area contributed by atoms with Gasteiger partial charge >= 0.3 is 0 Å². The van der Waals surface area contributed by atoms with Crippen LogP contribution in [-0.4, -0.2) is 42.9 Å². The molecule has 2 rings (SSSR count). The second-order valence-electron chi connectivity index (χ2n) is 6.03. The Bertz CT molecular complexity index is 759. The van der Waals surface area contributed by atoms with Crippen LogP contribution in [0.3, 0.4) is 0 Å². The number of hydrogen-bond acceptors (Lipinski definition) is 5. The fourth-order valence-corrected chi connectivity index (χ4v) is 2.86. The Morgan fingerprint density at radius 2 is 2.00 bits per heavy atom. The van der Waals surface area contributed by atoms with Crippen molar-refractivity contribution in [1.29, 1.82) is 0 Å². The molecule has 2 aromatic heterocycles. The molecule has 0 bridgehead atoms. The zero-order chi connectivity index (χ0) is 20.9. The minimum Gasteiger partial charge on any atom is -0.485 e. The standard InChI is InChI=1S/C19H29N5O2.C2H6/c1-5-8-16(9-6-2)13-26-18-15(4)22-24(11-12-25)17(18)19-21-20-14-23(19)10-7-3;1-2/h5,8-9,14,25H,6-7,10-13H2,1-4H3;1-2H3/b8-5-,16-9+;. The molecule has 0 radical (unpaired) electrons. The van der Waals surface area contributed by atoms with E-state index in [2.05, 4.69) is 41.3 Å². The van der Waals surface area contributed by atoms with Crippen LogP contribution >= 0.6 is 0 Å². The molecule has 2 aromatic rings. The van der Waals surface area contributed by atoms with E-state index in [1.807, 2.05) is 38.3 Å². The third kappa shape index (κ3) is 6.05. The van der Waals surface area contributed by atoms with E-state index in [4.69, 9.17) is 4.74 Å². The van der Waals surface area contributed by atoms with Crippen molar-refractivity contribution in [3.8, 4) is 17.3 Å². The highest BCUT2D eigenvalue weighted by atomic mass is 16.5. The highest BCUT2D eigenvalue weighted by Gasteiger charge is 2.23. The van der Waals surface area contributed by atoms with Crippen molar-refractivity contribution in [3.05, 3.63) is 35.8 Å². The lowest BCUT2D eigenvalue weighted by Crippen LogP contribution is -2.10. The summed E-state index contributed by atoms with van der Waals surface area (Å²) in [5, 5.41) is 22.3. The molecule has 0 saturated carbocycles. The van der Waals surface area contributed by atoms with Crippen LogP contribution in [0.25, 0.3) is 11.5 Å². The van der Waals surface area contributed by atoms with E-state index in [0.717, 1.165) is 36.3 Å². The van der Waals surface area contributed by atoms with Gasteiger partial charge in [0, 0.05) is 6.54 Å². The topological polar surface area (TPSA) is 78.0 Å². The summed E-state index contributed by atoms with van der Waals surface area (Å²) < 4.78 is 9.90. The predicted octanol–water partition coefficient (Wildman–Crippen LogP) is 4.17. The van der Waals surface area contributed by atoms with E-state index >= 15 is 0 Å². The van der Waals surface area contributed by atoms with E-state index < -0.39 is 0 Å². The molecule has 0 unspecified atom stereocenters. The molecular weight excluding hydrogens is 354 g/mol. The van der Waals surface area contributed by atoms with E-state index in [1.54, 1.807) is 11.0 Å². The normalized spacial score (nSPS) is 11.6. The van der Waals surface area contributed by atoms with Crippen LogP contribution < -0.4 is 4.74 Å². The number of aryl methyl sites for hydroxylation is 2. The van der Waals surface area contributed by atoms with Crippen LogP contribution in [0.5, 0.6) is 5.75 Å². The zero-order valence-electron chi connectivity index (χ0n) is 18.1. The van der Waals surface area contributed by atoms with Gasteiger partial charge in [0.15, 0.2) is 11.6 Å². The number of nitrogens with zero attached hydrogens (tertiary/aromatic N) is 5. The van der Waals surface area contributed by atoms with Gasteiger partial charge in [-0.1, -0.05) is 45.9 Å². The summed E-state index contributed by atoms with van der Waals surface area (Å²) in [7, 11) is 0. The summed E-state index contributed by atoms with van der Waals surface area (Å²) in [5.74, 6) is 1.40. The molecule has 0 saturated heterocycles. The first-order valence-electron chi connectivity index (χ1n) is 10.2. The van der Waals surface area contributed by atoms with Gasteiger partial charge in [0.1, 0.15) is 24.3 Å². The van der Waals surface area contributed by atoms with Gasteiger partial charge < -0.3 is 14.4 Å². The van der Waals surface area contributed by atoms with Crippen molar-refractivity contribution >= 4 is 0 Å². The molecule has 0 aliphatic rings. The molecule has 156 valence electrons. The van der Waals surface area contributed by atoms with Crippen molar-refractivity contribution in [1.82, 2.24) is 24.5 Å². The highest BCUT2D eigenvalue weighted by molar-refractivity contribution is 5.62. The zero-order valence-corrected chi connectivity index (χ0v) is 18.1. The Balaban J connectivity index is 0.00000190. The van der Waals surface area contributed by atoms with Crippen LogP contribution in [0.1, 0.15) is 53.2 Å². The molecule has 0 amide bonds. The maximum absolute atomic E-state index is 9.41. The molecule has 2 heterocycles.